The van der Waals surface area contributed by atoms with Crippen molar-refractivity contribution in [3.8, 4) is 0 Å². The molecule has 5 fully saturated rings. The second kappa shape index (κ2) is 3.82. The summed E-state index contributed by atoms with van der Waals surface area (Å²) in [6.45, 7) is 1.92. The third-order valence-corrected chi connectivity index (χ3v) is 7.28. The lowest BCUT2D eigenvalue weighted by atomic mass is 9.90. The van der Waals surface area contributed by atoms with Crippen LogP contribution in [-0.4, -0.2) is 34.3 Å². The summed E-state index contributed by atoms with van der Waals surface area (Å²) < 4.78 is 0. The van der Waals surface area contributed by atoms with E-state index >= 15 is 0 Å². The van der Waals surface area contributed by atoms with E-state index in [9.17, 15) is 9.59 Å². The molecular formula is C17H24N2O2. The summed E-state index contributed by atoms with van der Waals surface area (Å²) in [5, 5.41) is 3.08. The van der Waals surface area contributed by atoms with Crippen molar-refractivity contribution >= 4 is 11.8 Å². The molecule has 1 saturated heterocycles. The third kappa shape index (κ3) is 1.42. The second-order valence-electron chi connectivity index (χ2n) is 8.15. The van der Waals surface area contributed by atoms with Gasteiger partial charge in [0.1, 0.15) is 11.6 Å². The fourth-order valence-electron chi connectivity index (χ4n) is 6.30. The van der Waals surface area contributed by atoms with E-state index in [1.807, 2.05) is 11.8 Å². The maximum Gasteiger partial charge on any atom is 0.249 e. The molecule has 1 N–H and O–H groups in total. The zero-order chi connectivity index (χ0) is 14.4. The number of nitrogens with one attached hydrogen (secondary N) is 1. The molecule has 4 saturated carbocycles. The van der Waals surface area contributed by atoms with Gasteiger partial charge in [0.05, 0.1) is 0 Å². The lowest BCUT2D eigenvalue weighted by molar-refractivity contribution is -0.155. The monoisotopic (exact) mass is 288 g/mol. The summed E-state index contributed by atoms with van der Waals surface area (Å²) in [6, 6.07) is 0.126. The highest BCUT2D eigenvalue weighted by Gasteiger charge is 2.70. The smallest absolute Gasteiger partial charge is 0.249 e. The summed E-state index contributed by atoms with van der Waals surface area (Å²) in [5.74, 6) is 3.45. The Morgan fingerprint density at radius 2 is 1.71 bits per heavy atom. The number of hydrogen-bond donors (Lipinski definition) is 1. The van der Waals surface area contributed by atoms with Gasteiger partial charge in [0.25, 0.3) is 0 Å². The number of carbonyl (C=O) groups is 2. The van der Waals surface area contributed by atoms with Crippen molar-refractivity contribution in [2.24, 2.45) is 23.7 Å². The lowest BCUT2D eigenvalue weighted by Gasteiger charge is -2.44. The molecule has 114 valence electrons. The van der Waals surface area contributed by atoms with E-state index in [1.54, 1.807) is 0 Å². The van der Waals surface area contributed by atoms with E-state index in [0.717, 1.165) is 49.4 Å². The van der Waals surface area contributed by atoms with Crippen LogP contribution in [0.1, 0.15) is 51.9 Å². The average molecular weight is 288 g/mol. The SMILES string of the molecule is CC1C(=O)NC2(CCCC2)C(=O)N1C1C2C3CCC(C3)C21. The first-order valence-corrected chi connectivity index (χ1v) is 8.77. The Bertz CT molecular complexity index is 509. The van der Waals surface area contributed by atoms with Crippen LogP contribution in [0.5, 0.6) is 0 Å². The molecule has 0 radical (unpaired) electrons. The van der Waals surface area contributed by atoms with E-state index < -0.39 is 5.54 Å². The fraction of sp³-hybridized carbons (Fsp3) is 0.882. The molecular weight excluding hydrogens is 264 g/mol. The van der Waals surface area contributed by atoms with Crippen molar-refractivity contribution in [2.45, 2.75) is 69.5 Å². The van der Waals surface area contributed by atoms with Gasteiger partial charge < -0.3 is 10.2 Å². The highest BCUT2D eigenvalue weighted by atomic mass is 16.2. The third-order valence-electron chi connectivity index (χ3n) is 7.28. The first-order valence-electron chi connectivity index (χ1n) is 8.77. The molecule has 4 nitrogen and oxygen atoms in total. The fourth-order valence-corrected chi connectivity index (χ4v) is 6.30. The van der Waals surface area contributed by atoms with Gasteiger partial charge in [-0.25, -0.2) is 0 Å². The quantitative estimate of drug-likeness (QED) is 0.798. The number of piperazine rings is 1. The molecule has 0 aromatic rings. The van der Waals surface area contributed by atoms with Crippen LogP contribution in [0.2, 0.25) is 0 Å². The zero-order valence-electron chi connectivity index (χ0n) is 12.7. The Balaban J connectivity index is 1.47. The molecule has 21 heavy (non-hydrogen) atoms. The van der Waals surface area contributed by atoms with Crippen LogP contribution in [0.25, 0.3) is 0 Å². The molecule has 1 heterocycles. The number of rotatable bonds is 1. The van der Waals surface area contributed by atoms with E-state index in [4.69, 9.17) is 0 Å². The molecule has 5 atom stereocenters. The number of fused-ring (bicyclic) bond motifs is 5. The first-order chi connectivity index (χ1) is 10.1. The number of amides is 2. The molecule has 2 amide bonds. The van der Waals surface area contributed by atoms with E-state index in [1.165, 1.54) is 19.3 Å². The van der Waals surface area contributed by atoms with Gasteiger partial charge in [0, 0.05) is 6.04 Å². The van der Waals surface area contributed by atoms with Crippen LogP contribution in [0.15, 0.2) is 0 Å². The molecule has 2 bridgehead atoms. The largest absolute Gasteiger partial charge is 0.340 e. The normalized spacial score (nSPS) is 49.7. The first kappa shape index (κ1) is 12.5. The van der Waals surface area contributed by atoms with Crippen molar-refractivity contribution in [3.05, 3.63) is 0 Å². The van der Waals surface area contributed by atoms with Crippen molar-refractivity contribution in [1.82, 2.24) is 10.2 Å². The molecule has 5 rings (SSSR count). The number of hydrogen-bond acceptors (Lipinski definition) is 2. The van der Waals surface area contributed by atoms with Gasteiger partial charge in [-0.2, -0.15) is 0 Å². The van der Waals surface area contributed by atoms with Crippen LogP contribution >= 0.6 is 0 Å². The molecule has 4 aliphatic carbocycles. The number of nitrogens with zero attached hydrogens (tertiary/aromatic N) is 1. The van der Waals surface area contributed by atoms with Crippen LogP contribution in [-0.2, 0) is 9.59 Å². The average Bonchev–Trinajstić information content (AvgIpc) is 2.89. The molecule has 0 aromatic carbocycles. The van der Waals surface area contributed by atoms with Crippen LogP contribution in [0.4, 0.5) is 0 Å². The van der Waals surface area contributed by atoms with Gasteiger partial charge in [-0.1, -0.05) is 12.8 Å². The van der Waals surface area contributed by atoms with Crippen molar-refractivity contribution in [3.63, 3.8) is 0 Å². The van der Waals surface area contributed by atoms with E-state index in [-0.39, 0.29) is 17.9 Å². The predicted octanol–water partition coefficient (Wildman–Crippen LogP) is 1.69. The van der Waals surface area contributed by atoms with Crippen LogP contribution in [0, 0.1) is 23.7 Å². The van der Waals surface area contributed by atoms with E-state index in [2.05, 4.69) is 5.32 Å². The maximum atomic E-state index is 13.2. The Kier molecular flexibility index (Phi) is 2.27. The van der Waals surface area contributed by atoms with Crippen molar-refractivity contribution in [1.29, 1.82) is 0 Å². The molecule has 5 aliphatic rings. The van der Waals surface area contributed by atoms with Crippen LogP contribution in [0.3, 0.4) is 0 Å². The molecule has 4 heteroatoms. The van der Waals surface area contributed by atoms with Crippen molar-refractivity contribution < 1.29 is 9.59 Å². The zero-order valence-corrected chi connectivity index (χ0v) is 12.7. The second-order valence-corrected chi connectivity index (χ2v) is 8.15. The Morgan fingerprint density at radius 3 is 2.33 bits per heavy atom. The summed E-state index contributed by atoms with van der Waals surface area (Å²) in [4.78, 5) is 27.6. The van der Waals surface area contributed by atoms with Gasteiger partial charge in [-0.05, 0) is 62.7 Å². The minimum Gasteiger partial charge on any atom is -0.340 e. The predicted molar refractivity (Wildman–Crippen MR) is 77.2 cm³/mol. The topological polar surface area (TPSA) is 49.4 Å². The molecule has 1 spiro atoms. The summed E-state index contributed by atoms with van der Waals surface area (Å²) in [6.07, 6.45) is 7.92. The Labute approximate surface area is 125 Å². The Hall–Kier alpha value is -1.06. The highest BCUT2D eigenvalue weighted by Crippen LogP contribution is 2.67. The van der Waals surface area contributed by atoms with Gasteiger partial charge in [0.2, 0.25) is 11.8 Å². The Morgan fingerprint density at radius 1 is 1.10 bits per heavy atom. The van der Waals surface area contributed by atoms with Crippen LogP contribution < -0.4 is 5.32 Å². The van der Waals surface area contributed by atoms with Gasteiger partial charge in [-0.3, -0.25) is 9.59 Å². The van der Waals surface area contributed by atoms with Gasteiger partial charge in [0.15, 0.2) is 0 Å². The standard InChI is InChI=1S/C17H24N2O2/c1-9-15(20)18-17(6-2-3-7-17)16(21)19(9)14-12-10-4-5-11(8-10)13(12)14/h9-14H,2-8H2,1H3,(H,18,20). The van der Waals surface area contributed by atoms with E-state index in [0.29, 0.717) is 6.04 Å². The van der Waals surface area contributed by atoms with Crippen molar-refractivity contribution in [2.75, 3.05) is 0 Å². The van der Waals surface area contributed by atoms with Gasteiger partial charge >= 0.3 is 0 Å². The molecule has 0 aromatic heterocycles. The summed E-state index contributed by atoms with van der Waals surface area (Å²) in [7, 11) is 0. The molecule has 5 unspecified atom stereocenters. The highest BCUT2D eigenvalue weighted by molar-refractivity contribution is 6.00. The minimum absolute atomic E-state index is 0.0776. The summed E-state index contributed by atoms with van der Waals surface area (Å²) >= 11 is 0. The summed E-state index contributed by atoms with van der Waals surface area (Å²) in [5.41, 5.74) is -0.542. The number of carbonyl (C=O) groups excluding carboxylic acids is 2. The molecule has 1 aliphatic heterocycles. The minimum atomic E-state index is -0.542. The van der Waals surface area contributed by atoms with Gasteiger partial charge in [-0.15, -0.1) is 0 Å². The maximum absolute atomic E-state index is 13.2. The lowest BCUT2D eigenvalue weighted by Crippen LogP contribution is -2.69.